The second-order valence-corrected chi connectivity index (χ2v) is 27.6. The molecule has 18 aromatic carbocycles. The van der Waals surface area contributed by atoms with E-state index in [1.807, 2.05) is 0 Å². The molecule has 0 aliphatic rings. The summed E-state index contributed by atoms with van der Waals surface area (Å²) < 4.78 is 9.64. The monoisotopic (exact) mass is 1320 g/mol. The fourth-order valence-electron chi connectivity index (χ4n) is 16.9. The molecule has 0 fully saturated rings. The van der Waals surface area contributed by atoms with Crippen molar-refractivity contribution in [3.63, 3.8) is 0 Å². The van der Waals surface area contributed by atoms with E-state index in [0.29, 0.717) is 0 Å². The first-order chi connectivity index (χ1) is 51.6. The minimum atomic E-state index is 1.16. The average Bonchev–Trinajstić information content (AvgIpc) is 1.56. The van der Waals surface area contributed by atoms with Crippen LogP contribution in [0.4, 0.5) is 0 Å². The zero-order valence-electron chi connectivity index (χ0n) is 56.7. The first-order valence-electron chi connectivity index (χ1n) is 35.9. The van der Waals surface area contributed by atoms with Crippen LogP contribution in [0, 0.1) is 0 Å². The highest BCUT2D eigenvalue weighted by atomic mass is 15.0. The van der Waals surface area contributed by atoms with Crippen LogP contribution in [0.1, 0.15) is 0 Å². The van der Waals surface area contributed by atoms with Crippen LogP contribution in [0.5, 0.6) is 0 Å². The van der Waals surface area contributed by atoms with Crippen LogP contribution in [-0.2, 0) is 0 Å². The molecule has 4 heterocycles. The number of nitrogens with zero attached hydrogens (tertiary/aromatic N) is 4. The number of rotatable bonds is 8. The van der Waals surface area contributed by atoms with E-state index in [4.69, 9.17) is 0 Å². The highest BCUT2D eigenvalue weighted by Crippen LogP contribution is 2.43. The third kappa shape index (κ3) is 9.61. The van der Waals surface area contributed by atoms with Crippen molar-refractivity contribution in [2.45, 2.75) is 0 Å². The van der Waals surface area contributed by atoms with E-state index in [-0.39, 0.29) is 0 Å². The predicted octanol–water partition coefficient (Wildman–Crippen LogP) is 27.0. The van der Waals surface area contributed by atoms with Gasteiger partial charge in [0.25, 0.3) is 0 Å². The van der Waals surface area contributed by atoms with Gasteiger partial charge in [0.15, 0.2) is 0 Å². The van der Waals surface area contributed by atoms with Gasteiger partial charge in [-0.2, -0.15) is 0 Å². The highest BCUT2D eigenvalue weighted by molar-refractivity contribution is 6.16. The van der Waals surface area contributed by atoms with Crippen molar-refractivity contribution in [2.24, 2.45) is 0 Å². The molecule has 22 rings (SSSR count). The lowest BCUT2D eigenvalue weighted by molar-refractivity contribution is 1.18. The smallest absolute Gasteiger partial charge is 0.0541 e. The molecule has 0 amide bonds. The molecular formula is C100H64N4. The molecule has 0 saturated heterocycles. The number of aromatic nitrogens is 4. The lowest BCUT2D eigenvalue weighted by Gasteiger charge is -2.11. The summed E-state index contributed by atoms with van der Waals surface area (Å²) in [5, 5.41) is 20.2. The summed E-state index contributed by atoms with van der Waals surface area (Å²) in [4.78, 5) is 0. The van der Waals surface area contributed by atoms with Gasteiger partial charge in [-0.05, 0) is 209 Å². The minimum Gasteiger partial charge on any atom is -0.309 e. The number of benzene rings is 18. The summed E-state index contributed by atoms with van der Waals surface area (Å²) in [6, 6.07) is 142. The predicted molar refractivity (Wildman–Crippen MR) is 442 cm³/mol. The first-order valence-corrected chi connectivity index (χ1v) is 35.9. The normalized spacial score (nSPS) is 11.8. The van der Waals surface area contributed by atoms with E-state index in [2.05, 4.69) is 407 Å². The molecule has 0 bridgehead atoms. The molecule has 4 aromatic heterocycles. The topological polar surface area (TPSA) is 19.7 Å². The summed E-state index contributed by atoms with van der Waals surface area (Å²) in [7, 11) is 0. The standard InChI is InChI=1S/2C50H32N2/c1-2-11-33(12-3-1)35-14-10-15-39(29-35)51-47-19-8-6-17-43(47)45-31-36(23-27-49(45)51)37-24-28-50-46(32-37)44-18-7-9-20-48(44)52(50)40-25-26-42-38(30-40)22-21-34-13-4-5-16-41(34)42;1-2-10-33(11-3-1)34-20-24-39(25-21-34)51-47-16-8-6-14-43(47)45-31-36(22-28-49(45)51)37-23-29-50-46(32-37)44-15-7-9-17-48(44)52(50)40-26-27-42-38(30-40)19-18-35-12-4-5-13-41(35)42/h2*1-32H. The van der Waals surface area contributed by atoms with E-state index in [1.165, 1.54) is 186 Å². The molecule has 0 aliphatic heterocycles. The Kier molecular flexibility index (Phi) is 13.6. The Hall–Kier alpha value is -13.8. The molecule has 0 unspecified atom stereocenters. The van der Waals surface area contributed by atoms with E-state index in [9.17, 15) is 0 Å². The molecule has 0 radical (unpaired) electrons. The molecular weight excluding hydrogens is 1260 g/mol. The van der Waals surface area contributed by atoms with Gasteiger partial charge in [0.05, 0.1) is 44.1 Å². The number of hydrogen-bond acceptors (Lipinski definition) is 0. The van der Waals surface area contributed by atoms with Gasteiger partial charge >= 0.3 is 0 Å². The largest absolute Gasteiger partial charge is 0.309 e. The molecule has 0 N–H and O–H groups in total. The van der Waals surface area contributed by atoms with Crippen molar-refractivity contribution < 1.29 is 0 Å². The third-order valence-corrected chi connectivity index (χ3v) is 21.8. The van der Waals surface area contributed by atoms with Gasteiger partial charge in [-0.1, -0.05) is 267 Å². The molecule has 0 spiro atoms. The Morgan fingerprint density at radius 3 is 0.779 bits per heavy atom. The van der Waals surface area contributed by atoms with Crippen molar-refractivity contribution >= 4 is 130 Å². The van der Waals surface area contributed by atoms with Gasteiger partial charge in [0.2, 0.25) is 0 Å². The fraction of sp³-hybridized carbons (Fsp3) is 0. The number of fused-ring (bicyclic) bond motifs is 18. The zero-order valence-corrected chi connectivity index (χ0v) is 56.7. The Balaban J connectivity index is 0.000000134. The summed E-state index contributed by atoms with van der Waals surface area (Å²) >= 11 is 0. The van der Waals surface area contributed by atoms with E-state index in [1.54, 1.807) is 0 Å². The van der Waals surface area contributed by atoms with Gasteiger partial charge in [0, 0.05) is 65.8 Å². The van der Waals surface area contributed by atoms with Crippen LogP contribution in [0.15, 0.2) is 388 Å². The molecule has 22 aromatic rings. The maximum atomic E-state index is 2.42. The van der Waals surface area contributed by atoms with Crippen LogP contribution < -0.4 is 0 Å². The highest BCUT2D eigenvalue weighted by Gasteiger charge is 2.21. The van der Waals surface area contributed by atoms with Gasteiger partial charge in [0.1, 0.15) is 0 Å². The molecule has 104 heavy (non-hydrogen) atoms. The SMILES string of the molecule is c1ccc(-c2ccc(-n3c4ccccc4c4cc(-c5ccc6c(c5)c5ccccc5n6-c5ccc6c(ccc7ccccc76)c5)ccc43)cc2)cc1.c1ccc(-c2cccc(-n3c4ccccc4c4cc(-c5ccc6c(c5)c5ccccc5n6-c5ccc6c(ccc7ccccc76)c5)ccc43)c2)cc1. The fourth-order valence-corrected chi connectivity index (χ4v) is 16.9. The van der Waals surface area contributed by atoms with Crippen molar-refractivity contribution in [3.05, 3.63) is 388 Å². The van der Waals surface area contributed by atoms with Crippen molar-refractivity contribution in [1.82, 2.24) is 18.3 Å². The summed E-state index contributed by atoms with van der Waals surface area (Å²) in [6.07, 6.45) is 0. The molecule has 0 atom stereocenters. The Morgan fingerprint density at radius 1 is 0.115 bits per heavy atom. The van der Waals surface area contributed by atoms with Crippen LogP contribution in [-0.4, -0.2) is 18.3 Å². The van der Waals surface area contributed by atoms with Crippen LogP contribution >= 0.6 is 0 Å². The Bertz CT molecular complexity index is 7210. The average molecular weight is 1320 g/mol. The van der Waals surface area contributed by atoms with Crippen LogP contribution in [0.25, 0.3) is 198 Å². The number of para-hydroxylation sites is 4. The summed E-state index contributed by atoms with van der Waals surface area (Å²) in [6.45, 7) is 0. The first kappa shape index (κ1) is 59.1. The lowest BCUT2D eigenvalue weighted by atomic mass is 10.0. The summed E-state index contributed by atoms with van der Waals surface area (Å²) in [5.41, 5.74) is 24.1. The second kappa shape index (κ2) is 24.0. The quantitative estimate of drug-likeness (QED) is 0.135. The summed E-state index contributed by atoms with van der Waals surface area (Å²) in [5.74, 6) is 0. The van der Waals surface area contributed by atoms with Crippen LogP contribution in [0.3, 0.4) is 0 Å². The van der Waals surface area contributed by atoms with Crippen molar-refractivity contribution in [1.29, 1.82) is 0 Å². The molecule has 4 nitrogen and oxygen atoms in total. The van der Waals surface area contributed by atoms with Gasteiger partial charge < -0.3 is 18.3 Å². The third-order valence-electron chi connectivity index (χ3n) is 21.8. The van der Waals surface area contributed by atoms with Gasteiger partial charge in [-0.15, -0.1) is 0 Å². The molecule has 4 heteroatoms. The Morgan fingerprint density at radius 2 is 0.375 bits per heavy atom. The van der Waals surface area contributed by atoms with Crippen LogP contribution in [0.2, 0.25) is 0 Å². The van der Waals surface area contributed by atoms with E-state index < -0.39 is 0 Å². The van der Waals surface area contributed by atoms with Gasteiger partial charge in [-0.3, -0.25) is 0 Å². The molecule has 484 valence electrons. The van der Waals surface area contributed by atoms with Crippen molar-refractivity contribution in [2.75, 3.05) is 0 Å². The zero-order chi connectivity index (χ0) is 68.3. The maximum absolute atomic E-state index is 2.42. The minimum absolute atomic E-state index is 1.16. The van der Waals surface area contributed by atoms with E-state index in [0.717, 1.165) is 11.4 Å². The molecule has 0 saturated carbocycles. The van der Waals surface area contributed by atoms with Gasteiger partial charge in [-0.25, -0.2) is 0 Å². The number of hydrogen-bond donors (Lipinski definition) is 0. The second-order valence-electron chi connectivity index (χ2n) is 27.6. The maximum Gasteiger partial charge on any atom is 0.0541 e. The van der Waals surface area contributed by atoms with Crippen molar-refractivity contribution in [3.8, 4) is 67.3 Å². The lowest BCUT2D eigenvalue weighted by Crippen LogP contribution is -1.94. The molecule has 0 aliphatic carbocycles. The Labute approximate surface area is 600 Å². The van der Waals surface area contributed by atoms with E-state index >= 15 is 0 Å².